The van der Waals surface area contributed by atoms with Crippen molar-refractivity contribution in [3.05, 3.63) is 179 Å². The van der Waals surface area contributed by atoms with E-state index in [0.717, 1.165) is 0 Å². The van der Waals surface area contributed by atoms with Crippen molar-refractivity contribution in [1.82, 2.24) is 0 Å². The van der Waals surface area contributed by atoms with Gasteiger partial charge in [-0.3, -0.25) is 0 Å². The maximum Gasteiger partial charge on any atom is -0.147 e. The minimum Gasteiger partial charge on any atom is -0.147 e. The van der Waals surface area contributed by atoms with Crippen molar-refractivity contribution in [2.45, 2.75) is 61.7 Å². The van der Waals surface area contributed by atoms with Gasteiger partial charge in [0.1, 0.15) is 0 Å². The zero-order valence-electron chi connectivity index (χ0n) is 33.4. The van der Waals surface area contributed by atoms with Gasteiger partial charge in [-0.25, -0.2) is 0 Å². The van der Waals surface area contributed by atoms with E-state index >= 15 is 0 Å². The Hall–Kier alpha value is -4.27. The molecule has 0 amide bonds. The van der Waals surface area contributed by atoms with Crippen molar-refractivity contribution in [2.75, 3.05) is 0 Å². The molecule has 3 heteroatoms. The molecule has 2 atom stereocenters. The molecule has 1 saturated heterocycles. The van der Waals surface area contributed by atoms with Crippen LogP contribution in [0.5, 0.6) is 0 Å². The van der Waals surface area contributed by atoms with Gasteiger partial charge in [0, 0.05) is 0 Å². The Labute approximate surface area is 360 Å². The minimum absolute atomic E-state index is 0. The average Bonchev–Trinajstić information content (AvgIpc) is 3.78. The van der Waals surface area contributed by atoms with Crippen molar-refractivity contribution >= 4 is 80.1 Å². The van der Waals surface area contributed by atoms with Crippen LogP contribution in [0, 0.1) is 0 Å². The van der Waals surface area contributed by atoms with Gasteiger partial charge in [0.15, 0.2) is 0 Å². The van der Waals surface area contributed by atoms with Crippen LogP contribution in [-0.2, 0) is 20.0 Å². The van der Waals surface area contributed by atoms with Crippen LogP contribution in [0.4, 0.5) is 0 Å². The normalized spacial score (nSPS) is 17.6. The van der Waals surface area contributed by atoms with Gasteiger partial charge in [-0.15, -0.1) is 24.8 Å². The Kier molecular flexibility index (Phi) is 10.6. The van der Waals surface area contributed by atoms with E-state index in [4.69, 9.17) is 0 Å². The van der Waals surface area contributed by atoms with Crippen molar-refractivity contribution < 1.29 is 20.0 Å². The van der Waals surface area contributed by atoms with Crippen LogP contribution in [0.15, 0.2) is 157 Å². The third-order valence-corrected chi connectivity index (χ3v) is 36.3. The van der Waals surface area contributed by atoms with Gasteiger partial charge in [-0.2, -0.15) is 0 Å². The molecular formula is C55H50Cl2Hf. The van der Waals surface area contributed by atoms with E-state index in [1.165, 1.54) is 117 Å². The third-order valence-electron chi connectivity index (χ3n) is 13.9. The minimum atomic E-state index is -3.26. The molecular weight excluding hydrogens is 910 g/mol. The number of hydrogen-bond acceptors (Lipinski definition) is 0. The molecule has 1 aliphatic heterocycles. The molecule has 0 spiro atoms. The van der Waals surface area contributed by atoms with Gasteiger partial charge < -0.3 is 0 Å². The van der Waals surface area contributed by atoms with Gasteiger partial charge in [0.2, 0.25) is 0 Å². The maximum absolute atomic E-state index is 3.26. The smallest absolute Gasteiger partial charge is 0.147 e. The fraction of sp³-hybridized carbons (Fsp3) is 0.200. The number of fused-ring (bicyclic) bond motifs is 6. The second-order valence-electron chi connectivity index (χ2n) is 16.9. The summed E-state index contributed by atoms with van der Waals surface area (Å²) in [6.45, 7) is 4.80. The predicted octanol–water partition coefficient (Wildman–Crippen LogP) is 17.0. The zero-order valence-corrected chi connectivity index (χ0v) is 38.7. The maximum atomic E-state index is 2.72. The predicted molar refractivity (Wildman–Crippen MR) is 254 cm³/mol. The van der Waals surface area contributed by atoms with E-state index in [1.807, 2.05) is 0 Å². The van der Waals surface area contributed by atoms with Crippen molar-refractivity contribution in [1.29, 1.82) is 0 Å². The summed E-state index contributed by atoms with van der Waals surface area (Å²) in [6, 6.07) is 55.8. The first kappa shape index (κ1) is 39.2. The van der Waals surface area contributed by atoms with Crippen LogP contribution in [0.2, 0.25) is 8.35 Å². The third kappa shape index (κ3) is 5.94. The van der Waals surface area contributed by atoms with Gasteiger partial charge >= 0.3 is 338 Å². The molecule has 11 rings (SSSR count). The quantitative estimate of drug-likeness (QED) is 0.105. The summed E-state index contributed by atoms with van der Waals surface area (Å²) in [6.07, 6.45) is 11.6. The molecule has 1 heterocycles. The molecule has 0 aromatic heterocycles. The van der Waals surface area contributed by atoms with Gasteiger partial charge in [0.25, 0.3) is 0 Å². The Bertz CT molecular complexity index is 2640. The summed E-state index contributed by atoms with van der Waals surface area (Å²) in [5.74, 6) is 0. The Morgan fingerprint density at radius 3 is 1.14 bits per heavy atom. The van der Waals surface area contributed by atoms with Gasteiger partial charge in [-0.1, -0.05) is 0 Å². The monoisotopic (exact) mass is 960 g/mol. The largest absolute Gasteiger partial charge is 0.147 e. The van der Waals surface area contributed by atoms with E-state index in [1.54, 1.807) is 22.3 Å². The fourth-order valence-electron chi connectivity index (χ4n) is 11.7. The zero-order chi connectivity index (χ0) is 37.4. The molecule has 0 bridgehead atoms. The van der Waals surface area contributed by atoms with E-state index in [0.29, 0.717) is 7.35 Å². The van der Waals surface area contributed by atoms with Crippen molar-refractivity contribution in [3.63, 3.8) is 0 Å². The molecule has 2 unspecified atom stereocenters. The summed E-state index contributed by atoms with van der Waals surface area (Å²) >= 11 is -3.26. The van der Waals surface area contributed by atoms with Crippen molar-refractivity contribution in [2.24, 2.45) is 0 Å². The van der Waals surface area contributed by atoms with Crippen LogP contribution >= 0.6 is 24.8 Å². The molecule has 1 fully saturated rings. The van der Waals surface area contributed by atoms with E-state index < -0.39 is 20.0 Å². The van der Waals surface area contributed by atoms with Crippen LogP contribution in [0.3, 0.4) is 0 Å². The van der Waals surface area contributed by atoms with E-state index in [9.17, 15) is 0 Å². The van der Waals surface area contributed by atoms with Crippen LogP contribution < -0.4 is 0 Å². The fourth-order valence-corrected chi connectivity index (χ4v) is 34.4. The molecule has 0 N–H and O–H groups in total. The van der Waals surface area contributed by atoms with Crippen LogP contribution in [-0.4, -0.2) is 0 Å². The number of benzene rings is 8. The SMILES string of the molecule is CCCC1=Cc2c(-c3c4ccccc4cc4ccccc34)cccc2[CH]1[Hf]1([CH]2C(CCC)=Cc3c(-c4c5ccccc5cc5ccccc45)cccc32)[CH2]C[CH2]1.Cl.Cl. The number of hydrogen-bond donors (Lipinski definition) is 0. The molecule has 0 saturated carbocycles. The summed E-state index contributed by atoms with van der Waals surface area (Å²) in [5.41, 5.74) is 15.5. The summed E-state index contributed by atoms with van der Waals surface area (Å²) in [5, 5.41) is 10.8. The molecule has 0 radical (unpaired) electrons. The molecule has 58 heavy (non-hydrogen) atoms. The van der Waals surface area contributed by atoms with E-state index in [-0.39, 0.29) is 24.8 Å². The second kappa shape index (κ2) is 15.7. The molecule has 8 aromatic rings. The van der Waals surface area contributed by atoms with Crippen LogP contribution in [0.1, 0.15) is 75.6 Å². The molecule has 3 aliphatic rings. The summed E-state index contributed by atoms with van der Waals surface area (Å²) < 4.78 is 4.24. The molecule has 2 aliphatic carbocycles. The Morgan fingerprint density at radius 2 is 0.810 bits per heavy atom. The average molecular weight is 960 g/mol. The first-order valence-corrected chi connectivity index (χ1v) is 30.4. The Balaban J connectivity index is 0.00000218. The standard InChI is InChI=1S/2C26H21.C3H6.2ClH.Hf/c2*1-2-8-18-15-19-11-7-14-24(25(19)16-18)26-22-12-5-3-9-20(22)17-21-10-4-6-13-23(21)26;1-3-2;;;/h2*3-7,9-17H,2,8H2,1H3;1-3H2;2*1H;. The second-order valence-corrected chi connectivity index (χ2v) is 33.5. The van der Waals surface area contributed by atoms with E-state index in [2.05, 4.69) is 172 Å². The summed E-state index contributed by atoms with van der Waals surface area (Å²) in [7, 11) is 0. The molecule has 8 aromatic carbocycles. The summed E-state index contributed by atoms with van der Waals surface area (Å²) in [4.78, 5) is 0. The van der Waals surface area contributed by atoms with Crippen molar-refractivity contribution in [3.8, 4) is 22.3 Å². The number of rotatable bonds is 8. The molecule has 288 valence electrons. The topological polar surface area (TPSA) is 0 Å². The van der Waals surface area contributed by atoms with Crippen LogP contribution in [0.25, 0.3) is 77.5 Å². The first-order valence-electron chi connectivity index (χ1n) is 21.2. The number of allylic oxidation sites excluding steroid dienone is 2. The molecule has 0 nitrogen and oxygen atoms in total. The number of halogens is 2. The van der Waals surface area contributed by atoms with Gasteiger partial charge in [0.05, 0.1) is 0 Å². The first-order chi connectivity index (χ1) is 27.7. The van der Waals surface area contributed by atoms with Gasteiger partial charge in [-0.05, 0) is 0 Å². The Morgan fingerprint density at radius 1 is 0.448 bits per heavy atom.